The summed E-state index contributed by atoms with van der Waals surface area (Å²) in [4.78, 5) is 0. The summed E-state index contributed by atoms with van der Waals surface area (Å²) in [5, 5.41) is 3.51. The Morgan fingerprint density at radius 1 is 1.36 bits per heavy atom. The van der Waals surface area contributed by atoms with Crippen LogP contribution >= 0.6 is 0 Å². The van der Waals surface area contributed by atoms with E-state index in [0.29, 0.717) is 5.92 Å². The fraction of sp³-hybridized carbons (Fsp3) is 0.692. The van der Waals surface area contributed by atoms with Crippen molar-refractivity contribution < 1.29 is 0 Å². The predicted octanol–water partition coefficient (Wildman–Crippen LogP) is 3.53. The van der Waals surface area contributed by atoms with Crippen LogP contribution in [0.5, 0.6) is 0 Å². The highest BCUT2D eigenvalue weighted by molar-refractivity contribution is 5.24. The molecule has 0 rings (SSSR count). The van der Waals surface area contributed by atoms with Crippen molar-refractivity contribution in [1.29, 1.82) is 0 Å². The molecule has 1 nitrogen and oxygen atoms in total. The van der Waals surface area contributed by atoms with Gasteiger partial charge in [0.1, 0.15) is 0 Å². The lowest BCUT2D eigenvalue weighted by molar-refractivity contribution is 0.427. The first kappa shape index (κ1) is 13.4. The van der Waals surface area contributed by atoms with Gasteiger partial charge in [-0.1, -0.05) is 39.0 Å². The molecule has 0 aliphatic rings. The Labute approximate surface area is 89.3 Å². The lowest BCUT2D eigenvalue weighted by Gasteiger charge is -2.31. The molecule has 82 valence electrons. The van der Waals surface area contributed by atoms with E-state index in [1.165, 1.54) is 5.57 Å². The van der Waals surface area contributed by atoms with Crippen molar-refractivity contribution >= 4 is 0 Å². The molecule has 14 heavy (non-hydrogen) atoms. The van der Waals surface area contributed by atoms with E-state index in [2.05, 4.69) is 65.1 Å². The van der Waals surface area contributed by atoms with Crippen molar-refractivity contribution in [1.82, 2.24) is 5.32 Å². The maximum atomic E-state index is 3.51. The highest BCUT2D eigenvalue weighted by Gasteiger charge is 2.23. The van der Waals surface area contributed by atoms with Crippen LogP contribution < -0.4 is 5.32 Å². The van der Waals surface area contributed by atoms with Crippen LogP contribution in [0, 0.1) is 5.92 Å². The average molecular weight is 195 g/mol. The predicted molar refractivity (Wildman–Crippen MR) is 65.5 cm³/mol. The Bertz CT molecular complexity index is 209. The summed E-state index contributed by atoms with van der Waals surface area (Å²) >= 11 is 0. The van der Waals surface area contributed by atoms with Crippen molar-refractivity contribution in [3.8, 4) is 0 Å². The van der Waals surface area contributed by atoms with Gasteiger partial charge in [0.05, 0.1) is 0 Å². The Hall–Kier alpha value is -0.560. The minimum absolute atomic E-state index is 0.0996. The molecule has 0 saturated carbocycles. The molecule has 0 aliphatic carbocycles. The number of rotatable bonds is 5. The maximum Gasteiger partial charge on any atom is 0.0342 e. The van der Waals surface area contributed by atoms with Gasteiger partial charge in [-0.05, 0) is 38.8 Å². The lowest BCUT2D eigenvalue weighted by Crippen LogP contribution is -2.42. The summed E-state index contributed by atoms with van der Waals surface area (Å²) in [6, 6.07) is 0. The van der Waals surface area contributed by atoms with E-state index < -0.39 is 0 Å². The fourth-order valence-corrected chi connectivity index (χ4v) is 1.87. The molecule has 0 amide bonds. The van der Waals surface area contributed by atoms with Gasteiger partial charge in [-0.2, -0.15) is 0 Å². The van der Waals surface area contributed by atoms with Gasteiger partial charge >= 0.3 is 0 Å². The molecular formula is C13H25N. The van der Waals surface area contributed by atoms with Crippen LogP contribution in [0.25, 0.3) is 0 Å². The van der Waals surface area contributed by atoms with E-state index in [1.54, 1.807) is 0 Å². The van der Waals surface area contributed by atoms with Crippen molar-refractivity contribution in [2.75, 3.05) is 6.54 Å². The Morgan fingerprint density at radius 3 is 2.29 bits per heavy atom. The first-order valence-electron chi connectivity index (χ1n) is 5.54. The highest BCUT2D eigenvalue weighted by atomic mass is 14.9. The third-order valence-electron chi connectivity index (χ3n) is 2.43. The van der Waals surface area contributed by atoms with Crippen LogP contribution in [0.4, 0.5) is 0 Å². The van der Waals surface area contributed by atoms with Gasteiger partial charge in [0.25, 0.3) is 0 Å². The SMILES string of the molecule is C/C=C\C=C(\C(C)C)C(C)(C)NCC. The summed E-state index contributed by atoms with van der Waals surface area (Å²) in [6.45, 7) is 14.2. The van der Waals surface area contributed by atoms with Crippen molar-refractivity contribution in [2.45, 2.75) is 47.1 Å². The molecule has 0 spiro atoms. The smallest absolute Gasteiger partial charge is 0.0342 e. The molecule has 0 fully saturated rings. The molecular weight excluding hydrogens is 170 g/mol. The average Bonchev–Trinajstić information content (AvgIpc) is 2.03. The van der Waals surface area contributed by atoms with Crippen LogP contribution in [0.15, 0.2) is 23.8 Å². The zero-order valence-electron chi connectivity index (χ0n) is 10.5. The van der Waals surface area contributed by atoms with Crippen LogP contribution in [0.3, 0.4) is 0 Å². The number of hydrogen-bond donors (Lipinski definition) is 1. The van der Waals surface area contributed by atoms with Gasteiger partial charge in [-0.15, -0.1) is 0 Å². The number of hydrogen-bond acceptors (Lipinski definition) is 1. The quantitative estimate of drug-likeness (QED) is 0.662. The van der Waals surface area contributed by atoms with Crippen molar-refractivity contribution in [2.24, 2.45) is 5.92 Å². The molecule has 0 saturated heterocycles. The molecule has 0 radical (unpaired) electrons. The molecule has 0 atom stereocenters. The van der Waals surface area contributed by atoms with E-state index in [9.17, 15) is 0 Å². The fourth-order valence-electron chi connectivity index (χ4n) is 1.87. The molecule has 1 heteroatoms. The van der Waals surface area contributed by atoms with Gasteiger partial charge < -0.3 is 5.32 Å². The minimum atomic E-state index is 0.0996. The van der Waals surface area contributed by atoms with Crippen LogP contribution in [0.1, 0.15) is 41.5 Å². The van der Waals surface area contributed by atoms with Crippen LogP contribution in [0.2, 0.25) is 0 Å². The second-order valence-corrected chi connectivity index (χ2v) is 4.46. The van der Waals surface area contributed by atoms with E-state index in [1.807, 2.05) is 0 Å². The molecule has 0 aromatic rings. The first-order valence-corrected chi connectivity index (χ1v) is 5.54. The van der Waals surface area contributed by atoms with Gasteiger partial charge in [-0.3, -0.25) is 0 Å². The van der Waals surface area contributed by atoms with Gasteiger partial charge in [0.2, 0.25) is 0 Å². The number of nitrogens with one attached hydrogen (secondary N) is 1. The Kier molecular flexibility index (Phi) is 5.78. The van der Waals surface area contributed by atoms with E-state index in [-0.39, 0.29) is 5.54 Å². The zero-order valence-corrected chi connectivity index (χ0v) is 10.5. The highest BCUT2D eigenvalue weighted by Crippen LogP contribution is 2.23. The second kappa shape index (κ2) is 6.02. The minimum Gasteiger partial charge on any atom is -0.308 e. The summed E-state index contributed by atoms with van der Waals surface area (Å²) in [6.07, 6.45) is 6.42. The number of likely N-dealkylation sites (N-methyl/N-ethyl adjacent to an activating group) is 1. The van der Waals surface area contributed by atoms with E-state index in [0.717, 1.165) is 6.54 Å². The summed E-state index contributed by atoms with van der Waals surface area (Å²) in [5.41, 5.74) is 1.56. The molecule has 1 N–H and O–H groups in total. The van der Waals surface area contributed by atoms with Gasteiger partial charge in [0, 0.05) is 5.54 Å². The summed E-state index contributed by atoms with van der Waals surface area (Å²) < 4.78 is 0. The van der Waals surface area contributed by atoms with Crippen molar-refractivity contribution in [3.05, 3.63) is 23.8 Å². The maximum absolute atomic E-state index is 3.51. The van der Waals surface area contributed by atoms with Crippen LogP contribution in [-0.4, -0.2) is 12.1 Å². The molecule has 0 heterocycles. The molecule has 0 bridgehead atoms. The third-order valence-corrected chi connectivity index (χ3v) is 2.43. The van der Waals surface area contributed by atoms with Crippen molar-refractivity contribution in [3.63, 3.8) is 0 Å². The van der Waals surface area contributed by atoms with Gasteiger partial charge in [-0.25, -0.2) is 0 Å². The first-order chi connectivity index (χ1) is 6.45. The zero-order chi connectivity index (χ0) is 11.2. The summed E-state index contributed by atoms with van der Waals surface area (Å²) in [5.74, 6) is 0.584. The molecule has 0 unspecified atom stereocenters. The normalized spacial score (nSPS) is 14.4. The third kappa shape index (κ3) is 4.10. The van der Waals surface area contributed by atoms with E-state index in [4.69, 9.17) is 0 Å². The molecule has 0 aromatic carbocycles. The van der Waals surface area contributed by atoms with Gasteiger partial charge in [0.15, 0.2) is 0 Å². The lowest BCUT2D eigenvalue weighted by atomic mass is 9.85. The molecule has 0 aromatic heterocycles. The second-order valence-electron chi connectivity index (χ2n) is 4.46. The topological polar surface area (TPSA) is 12.0 Å². The monoisotopic (exact) mass is 195 g/mol. The Balaban J connectivity index is 4.81. The van der Waals surface area contributed by atoms with E-state index >= 15 is 0 Å². The number of allylic oxidation sites excluding steroid dienone is 3. The standard InChI is InChI=1S/C13H25N/c1-7-9-10-12(11(3)4)13(5,6)14-8-2/h7,9-11,14H,8H2,1-6H3/b9-7-,12-10-. The largest absolute Gasteiger partial charge is 0.308 e. The van der Waals surface area contributed by atoms with Crippen LogP contribution in [-0.2, 0) is 0 Å². The molecule has 0 aliphatic heterocycles. The summed E-state index contributed by atoms with van der Waals surface area (Å²) in [7, 11) is 0. The Morgan fingerprint density at radius 2 is 1.93 bits per heavy atom.